The summed E-state index contributed by atoms with van der Waals surface area (Å²) < 4.78 is 12.7. The van der Waals surface area contributed by atoms with E-state index in [9.17, 15) is 9.18 Å². The van der Waals surface area contributed by atoms with Crippen LogP contribution in [0.2, 0.25) is 0 Å². The molecule has 0 bridgehead atoms. The van der Waals surface area contributed by atoms with Crippen LogP contribution in [0.4, 0.5) is 10.1 Å². The first-order valence-electron chi connectivity index (χ1n) is 5.16. The summed E-state index contributed by atoms with van der Waals surface area (Å²) in [4.78, 5) is 13.5. The van der Waals surface area contributed by atoms with Gasteiger partial charge < -0.3 is 4.90 Å². The molecule has 4 heteroatoms. The highest BCUT2D eigenvalue weighted by atomic mass is 19.1. The van der Waals surface area contributed by atoms with Gasteiger partial charge in [-0.05, 0) is 30.7 Å². The van der Waals surface area contributed by atoms with E-state index in [4.69, 9.17) is 5.26 Å². The lowest BCUT2D eigenvalue weighted by Gasteiger charge is -2.16. The number of hydrogen-bond donors (Lipinski definition) is 0. The van der Waals surface area contributed by atoms with Gasteiger partial charge in [0.15, 0.2) is 0 Å². The molecule has 1 aromatic rings. The second-order valence-electron chi connectivity index (χ2n) is 3.81. The zero-order valence-electron chi connectivity index (χ0n) is 8.69. The highest BCUT2D eigenvalue weighted by Crippen LogP contribution is 2.26. The SMILES string of the molecule is N#CCC1CCN(c2ccc(F)cc2)C1=O. The summed E-state index contributed by atoms with van der Waals surface area (Å²) >= 11 is 0. The van der Waals surface area contributed by atoms with Gasteiger partial charge in [0.2, 0.25) is 5.91 Å². The minimum absolute atomic E-state index is 0.0341. The van der Waals surface area contributed by atoms with E-state index in [1.54, 1.807) is 17.0 Å². The molecule has 3 nitrogen and oxygen atoms in total. The van der Waals surface area contributed by atoms with Crippen LogP contribution < -0.4 is 4.90 Å². The van der Waals surface area contributed by atoms with Crippen LogP contribution in [0.1, 0.15) is 12.8 Å². The predicted octanol–water partition coefficient (Wildman–Crippen LogP) is 2.09. The quantitative estimate of drug-likeness (QED) is 0.762. The number of benzene rings is 1. The first-order valence-corrected chi connectivity index (χ1v) is 5.16. The third-order valence-corrected chi connectivity index (χ3v) is 2.79. The van der Waals surface area contributed by atoms with Crippen molar-refractivity contribution in [3.05, 3.63) is 30.1 Å². The van der Waals surface area contributed by atoms with E-state index >= 15 is 0 Å². The zero-order chi connectivity index (χ0) is 11.5. The number of rotatable bonds is 2. The minimum Gasteiger partial charge on any atom is -0.312 e. The Bertz CT molecular complexity index is 435. The number of amides is 1. The summed E-state index contributed by atoms with van der Waals surface area (Å²) in [6.45, 7) is 0.608. The van der Waals surface area contributed by atoms with Crippen molar-refractivity contribution in [1.82, 2.24) is 0 Å². The van der Waals surface area contributed by atoms with Crippen LogP contribution in [-0.2, 0) is 4.79 Å². The zero-order valence-corrected chi connectivity index (χ0v) is 8.69. The second-order valence-corrected chi connectivity index (χ2v) is 3.81. The summed E-state index contributed by atoms with van der Waals surface area (Å²) in [7, 11) is 0. The molecular weight excluding hydrogens is 207 g/mol. The van der Waals surface area contributed by atoms with Gasteiger partial charge in [-0.15, -0.1) is 0 Å². The molecule has 82 valence electrons. The maximum atomic E-state index is 12.7. The van der Waals surface area contributed by atoms with Gasteiger partial charge in [0.1, 0.15) is 5.82 Å². The number of halogens is 1. The van der Waals surface area contributed by atoms with Gasteiger partial charge in [-0.3, -0.25) is 4.79 Å². The lowest BCUT2D eigenvalue weighted by Crippen LogP contribution is -2.26. The van der Waals surface area contributed by atoms with Crippen molar-refractivity contribution in [2.45, 2.75) is 12.8 Å². The first kappa shape index (κ1) is 10.6. The van der Waals surface area contributed by atoms with Gasteiger partial charge in [-0.25, -0.2) is 4.39 Å². The van der Waals surface area contributed by atoms with Gasteiger partial charge in [0.25, 0.3) is 0 Å². The molecular formula is C12H11FN2O. The van der Waals surface area contributed by atoms with Gasteiger partial charge >= 0.3 is 0 Å². The van der Waals surface area contributed by atoms with Crippen LogP contribution in [-0.4, -0.2) is 12.5 Å². The third-order valence-electron chi connectivity index (χ3n) is 2.79. The molecule has 0 aromatic heterocycles. The first-order chi connectivity index (χ1) is 7.72. The molecule has 0 aliphatic carbocycles. The van der Waals surface area contributed by atoms with E-state index in [0.717, 1.165) is 0 Å². The van der Waals surface area contributed by atoms with Crippen molar-refractivity contribution in [3.8, 4) is 6.07 Å². The highest BCUT2D eigenvalue weighted by molar-refractivity contribution is 5.97. The molecule has 0 saturated carbocycles. The van der Waals surface area contributed by atoms with Crippen LogP contribution in [0.25, 0.3) is 0 Å². The predicted molar refractivity (Wildman–Crippen MR) is 57.1 cm³/mol. The Hall–Kier alpha value is -1.89. The molecule has 1 atom stereocenters. The standard InChI is InChI=1S/C12H11FN2O/c13-10-1-3-11(4-2-10)15-8-6-9(5-7-14)12(15)16/h1-4,9H,5-6,8H2. The lowest BCUT2D eigenvalue weighted by atomic mass is 10.1. The molecule has 1 aromatic carbocycles. The van der Waals surface area contributed by atoms with Crippen molar-refractivity contribution < 1.29 is 9.18 Å². The Morgan fingerprint density at radius 3 is 2.75 bits per heavy atom. The molecule has 1 unspecified atom stereocenters. The van der Waals surface area contributed by atoms with Crippen LogP contribution in [0, 0.1) is 23.1 Å². The average Bonchev–Trinajstić information content (AvgIpc) is 2.63. The largest absolute Gasteiger partial charge is 0.312 e. The van der Waals surface area contributed by atoms with Crippen LogP contribution >= 0.6 is 0 Å². The fraction of sp³-hybridized carbons (Fsp3) is 0.333. The fourth-order valence-electron chi connectivity index (χ4n) is 1.92. The molecule has 1 aliphatic heterocycles. The van der Waals surface area contributed by atoms with Crippen molar-refractivity contribution in [3.63, 3.8) is 0 Å². The third kappa shape index (κ3) is 1.89. The van der Waals surface area contributed by atoms with Crippen molar-refractivity contribution in [1.29, 1.82) is 5.26 Å². The van der Waals surface area contributed by atoms with E-state index in [0.29, 0.717) is 18.7 Å². The van der Waals surface area contributed by atoms with Crippen molar-refractivity contribution >= 4 is 11.6 Å². The van der Waals surface area contributed by atoms with Crippen molar-refractivity contribution in [2.24, 2.45) is 5.92 Å². The Morgan fingerprint density at radius 1 is 1.44 bits per heavy atom. The molecule has 1 fully saturated rings. The molecule has 16 heavy (non-hydrogen) atoms. The van der Waals surface area contributed by atoms with Crippen LogP contribution in [0.15, 0.2) is 24.3 Å². The summed E-state index contributed by atoms with van der Waals surface area (Å²) in [6, 6.07) is 7.85. The second kappa shape index (κ2) is 4.31. The van der Waals surface area contributed by atoms with E-state index in [-0.39, 0.29) is 24.1 Å². The number of nitriles is 1. The van der Waals surface area contributed by atoms with Gasteiger partial charge in [-0.1, -0.05) is 0 Å². The maximum Gasteiger partial charge on any atom is 0.231 e. The van der Waals surface area contributed by atoms with Crippen molar-refractivity contribution in [2.75, 3.05) is 11.4 Å². The van der Waals surface area contributed by atoms with Crippen LogP contribution in [0.5, 0.6) is 0 Å². The fourth-order valence-corrected chi connectivity index (χ4v) is 1.92. The smallest absolute Gasteiger partial charge is 0.231 e. The highest BCUT2D eigenvalue weighted by Gasteiger charge is 2.31. The van der Waals surface area contributed by atoms with Gasteiger partial charge in [0.05, 0.1) is 12.0 Å². The summed E-state index contributed by atoms with van der Waals surface area (Å²) in [5.41, 5.74) is 0.701. The molecule has 2 rings (SSSR count). The summed E-state index contributed by atoms with van der Waals surface area (Å²) in [6.07, 6.45) is 0.959. The van der Waals surface area contributed by atoms with Crippen LogP contribution in [0.3, 0.4) is 0 Å². The normalized spacial score (nSPS) is 19.9. The Kier molecular flexibility index (Phi) is 2.86. The van der Waals surface area contributed by atoms with Gasteiger partial charge in [-0.2, -0.15) is 5.26 Å². The van der Waals surface area contributed by atoms with E-state index in [1.165, 1.54) is 12.1 Å². The monoisotopic (exact) mass is 218 g/mol. The van der Waals surface area contributed by atoms with E-state index in [2.05, 4.69) is 0 Å². The Labute approximate surface area is 93.1 Å². The molecule has 1 aliphatic rings. The molecule has 0 spiro atoms. The Morgan fingerprint density at radius 2 is 2.12 bits per heavy atom. The number of anilines is 1. The lowest BCUT2D eigenvalue weighted by molar-refractivity contribution is -0.120. The van der Waals surface area contributed by atoms with Gasteiger partial charge in [0, 0.05) is 18.7 Å². The summed E-state index contributed by atoms with van der Waals surface area (Å²) in [5, 5.41) is 8.57. The number of hydrogen-bond acceptors (Lipinski definition) is 2. The number of carbonyl (C=O) groups excluding carboxylic acids is 1. The average molecular weight is 218 g/mol. The molecule has 1 amide bonds. The maximum absolute atomic E-state index is 12.7. The molecule has 1 heterocycles. The van der Waals surface area contributed by atoms with E-state index in [1.807, 2.05) is 6.07 Å². The topological polar surface area (TPSA) is 44.1 Å². The molecule has 1 saturated heterocycles. The molecule has 0 N–H and O–H groups in total. The minimum atomic E-state index is -0.316. The van der Waals surface area contributed by atoms with E-state index < -0.39 is 0 Å². The molecule has 0 radical (unpaired) electrons. The number of carbonyl (C=O) groups is 1. The summed E-state index contributed by atoms with van der Waals surface area (Å²) in [5.74, 6) is -0.549. The number of nitrogens with zero attached hydrogens (tertiary/aromatic N) is 2. The Balaban J connectivity index is 2.16.